The quantitative estimate of drug-likeness (QED) is 0.396. The molecule has 4 rings (SSSR count). The fourth-order valence-electron chi connectivity index (χ4n) is 4.06. The van der Waals surface area contributed by atoms with E-state index in [-0.39, 0.29) is 28.5 Å². The van der Waals surface area contributed by atoms with Crippen molar-refractivity contribution >= 4 is 34.6 Å². The van der Waals surface area contributed by atoms with Crippen LogP contribution in [0.2, 0.25) is 10.0 Å². The Kier molecular flexibility index (Phi) is 3.97. The number of anilines is 1. The third-order valence-electron chi connectivity index (χ3n) is 5.20. The Morgan fingerprint density at radius 1 is 1.24 bits per heavy atom. The van der Waals surface area contributed by atoms with Gasteiger partial charge in [-0.3, -0.25) is 10.1 Å². The van der Waals surface area contributed by atoms with Crippen LogP contribution in [0.5, 0.6) is 0 Å². The molecule has 2 aromatic rings. The lowest BCUT2D eigenvalue weighted by atomic mass is 9.75. The molecule has 0 radical (unpaired) electrons. The van der Waals surface area contributed by atoms with Gasteiger partial charge in [-0.25, -0.2) is 0 Å². The highest BCUT2D eigenvalue weighted by molar-refractivity contribution is 6.35. The molecular formula is C19H16Cl2N2O2. The van der Waals surface area contributed by atoms with Crippen LogP contribution < -0.4 is 5.32 Å². The molecule has 2 aromatic carbocycles. The summed E-state index contributed by atoms with van der Waals surface area (Å²) in [6.07, 6.45) is 5.05. The van der Waals surface area contributed by atoms with Crippen LogP contribution in [0.3, 0.4) is 0 Å². The summed E-state index contributed by atoms with van der Waals surface area (Å²) in [5.74, 6) is 0.194. The van der Waals surface area contributed by atoms with Crippen LogP contribution in [0.4, 0.5) is 11.4 Å². The lowest BCUT2D eigenvalue weighted by Crippen LogP contribution is -2.30. The maximum absolute atomic E-state index is 11.5. The highest BCUT2D eigenvalue weighted by Gasteiger charge is 2.42. The van der Waals surface area contributed by atoms with Crippen molar-refractivity contribution in [3.8, 4) is 0 Å². The van der Waals surface area contributed by atoms with Crippen molar-refractivity contribution in [2.45, 2.75) is 25.3 Å². The number of nitrogens with one attached hydrogen (secondary N) is 1. The minimum Gasteiger partial charge on any atom is -0.377 e. The molecule has 1 aliphatic heterocycles. The lowest BCUT2D eigenvalue weighted by Gasteiger charge is -2.38. The first-order valence-corrected chi connectivity index (χ1v) is 8.89. The Morgan fingerprint density at radius 3 is 2.76 bits per heavy atom. The molecule has 128 valence electrons. The molecule has 0 bridgehead atoms. The van der Waals surface area contributed by atoms with E-state index in [0.717, 1.165) is 28.8 Å². The van der Waals surface area contributed by atoms with Crippen LogP contribution in [0.25, 0.3) is 0 Å². The summed E-state index contributed by atoms with van der Waals surface area (Å²) in [4.78, 5) is 11.2. The maximum Gasteiger partial charge on any atom is 0.275 e. The van der Waals surface area contributed by atoms with Gasteiger partial charge in [0.25, 0.3) is 5.69 Å². The first-order chi connectivity index (χ1) is 12.0. The fraction of sp³-hybridized carbons (Fsp3) is 0.263. The van der Waals surface area contributed by atoms with Gasteiger partial charge < -0.3 is 5.32 Å². The molecule has 0 spiro atoms. The van der Waals surface area contributed by atoms with Gasteiger partial charge in [0.05, 0.1) is 16.5 Å². The van der Waals surface area contributed by atoms with Crippen molar-refractivity contribution in [1.29, 1.82) is 0 Å². The largest absolute Gasteiger partial charge is 0.377 e. The average molecular weight is 375 g/mol. The van der Waals surface area contributed by atoms with Crippen LogP contribution in [0, 0.1) is 23.0 Å². The second kappa shape index (κ2) is 6.04. The number of nitro benzene ring substituents is 1. The molecule has 25 heavy (non-hydrogen) atoms. The molecule has 0 amide bonds. The molecule has 0 unspecified atom stereocenters. The number of allylic oxidation sites excluding steroid dienone is 2. The molecule has 1 aliphatic carbocycles. The average Bonchev–Trinajstić information content (AvgIpc) is 3.04. The highest BCUT2D eigenvalue weighted by Crippen LogP contribution is 2.54. The SMILES string of the molecule is Cc1ccc([N+](=O)[O-])c2c1N[C@H](c1ccc(Cl)cc1Cl)[C@H]1CC=C[C@@H]21. The predicted molar refractivity (Wildman–Crippen MR) is 101 cm³/mol. The van der Waals surface area contributed by atoms with Gasteiger partial charge in [-0.1, -0.05) is 47.5 Å². The Balaban J connectivity index is 1.89. The normalized spacial score (nSPS) is 23.7. The monoisotopic (exact) mass is 374 g/mol. The van der Waals surface area contributed by atoms with E-state index < -0.39 is 0 Å². The van der Waals surface area contributed by atoms with E-state index in [1.54, 1.807) is 18.2 Å². The maximum atomic E-state index is 11.5. The molecule has 0 saturated carbocycles. The van der Waals surface area contributed by atoms with Crippen molar-refractivity contribution in [3.63, 3.8) is 0 Å². The van der Waals surface area contributed by atoms with Gasteiger partial charge in [-0.05, 0) is 42.5 Å². The van der Waals surface area contributed by atoms with E-state index in [1.807, 2.05) is 19.1 Å². The van der Waals surface area contributed by atoms with Crippen molar-refractivity contribution in [2.24, 2.45) is 5.92 Å². The predicted octanol–water partition coefficient (Wildman–Crippen LogP) is 6.04. The van der Waals surface area contributed by atoms with E-state index in [0.29, 0.717) is 10.0 Å². The summed E-state index contributed by atoms with van der Waals surface area (Å²) in [5.41, 5.74) is 3.77. The number of hydrogen-bond donors (Lipinski definition) is 1. The second-order valence-electron chi connectivity index (χ2n) is 6.59. The summed E-state index contributed by atoms with van der Waals surface area (Å²) in [7, 11) is 0. The summed E-state index contributed by atoms with van der Waals surface area (Å²) in [5, 5.41) is 16.3. The van der Waals surface area contributed by atoms with E-state index in [1.165, 1.54) is 0 Å². The van der Waals surface area contributed by atoms with Crippen LogP contribution in [0.15, 0.2) is 42.5 Å². The minimum absolute atomic E-state index is 0.00768. The minimum atomic E-state index is -0.293. The first-order valence-electron chi connectivity index (χ1n) is 8.13. The number of fused-ring (bicyclic) bond motifs is 3. The Bertz CT molecular complexity index is 911. The number of hydrogen-bond acceptors (Lipinski definition) is 3. The zero-order valence-electron chi connectivity index (χ0n) is 13.5. The Morgan fingerprint density at radius 2 is 2.04 bits per heavy atom. The van der Waals surface area contributed by atoms with Crippen molar-refractivity contribution in [3.05, 3.63) is 79.3 Å². The van der Waals surface area contributed by atoms with E-state index in [2.05, 4.69) is 17.5 Å². The summed E-state index contributed by atoms with van der Waals surface area (Å²) >= 11 is 12.5. The van der Waals surface area contributed by atoms with E-state index in [9.17, 15) is 10.1 Å². The summed E-state index contributed by atoms with van der Waals surface area (Å²) < 4.78 is 0. The number of nitro groups is 1. The van der Waals surface area contributed by atoms with Crippen molar-refractivity contribution < 1.29 is 4.92 Å². The van der Waals surface area contributed by atoms with Crippen LogP contribution in [-0.4, -0.2) is 4.92 Å². The van der Waals surface area contributed by atoms with Gasteiger partial charge >= 0.3 is 0 Å². The molecule has 4 nitrogen and oxygen atoms in total. The van der Waals surface area contributed by atoms with E-state index in [4.69, 9.17) is 23.2 Å². The smallest absolute Gasteiger partial charge is 0.275 e. The van der Waals surface area contributed by atoms with Gasteiger partial charge in [0.2, 0.25) is 0 Å². The van der Waals surface area contributed by atoms with E-state index >= 15 is 0 Å². The Hall–Kier alpha value is -2.04. The molecule has 1 N–H and O–H groups in total. The lowest BCUT2D eigenvalue weighted by molar-refractivity contribution is -0.385. The fourth-order valence-corrected chi connectivity index (χ4v) is 4.58. The number of benzene rings is 2. The van der Waals surface area contributed by atoms with Crippen molar-refractivity contribution in [1.82, 2.24) is 0 Å². The molecule has 2 aliphatic rings. The van der Waals surface area contributed by atoms with Crippen molar-refractivity contribution in [2.75, 3.05) is 5.32 Å². The van der Waals surface area contributed by atoms with Crippen LogP contribution in [0.1, 0.15) is 35.1 Å². The number of nitrogens with zero attached hydrogens (tertiary/aromatic N) is 1. The molecule has 6 heteroatoms. The topological polar surface area (TPSA) is 55.2 Å². The zero-order valence-corrected chi connectivity index (χ0v) is 15.0. The van der Waals surface area contributed by atoms with Gasteiger partial charge in [0, 0.05) is 27.7 Å². The number of aryl methyl sites for hydroxylation is 1. The zero-order chi connectivity index (χ0) is 17.7. The second-order valence-corrected chi connectivity index (χ2v) is 7.43. The molecule has 3 atom stereocenters. The van der Waals surface area contributed by atoms with Gasteiger partial charge in [0.15, 0.2) is 0 Å². The molecule has 0 fully saturated rings. The molecular weight excluding hydrogens is 359 g/mol. The number of halogens is 2. The summed E-state index contributed by atoms with van der Waals surface area (Å²) in [6.45, 7) is 1.97. The molecule has 1 heterocycles. The Labute approximate surface area is 155 Å². The number of rotatable bonds is 2. The molecule has 0 saturated heterocycles. The third-order valence-corrected chi connectivity index (χ3v) is 5.76. The van der Waals surface area contributed by atoms with Gasteiger partial charge in [0.1, 0.15) is 0 Å². The molecule has 0 aromatic heterocycles. The highest BCUT2D eigenvalue weighted by atomic mass is 35.5. The standard InChI is InChI=1S/C19H16Cl2N2O2/c1-10-5-8-16(23(24)25)17-12-3-2-4-13(12)19(22-18(10)17)14-7-6-11(20)9-15(14)21/h2-3,5-9,12-13,19,22H,4H2,1H3/t12-,13+,19+/m1/s1. The summed E-state index contributed by atoms with van der Waals surface area (Å²) in [6, 6.07) is 8.90. The first kappa shape index (κ1) is 16.4. The van der Waals surface area contributed by atoms with Crippen LogP contribution in [-0.2, 0) is 0 Å². The van der Waals surface area contributed by atoms with Gasteiger partial charge in [-0.15, -0.1) is 0 Å². The van der Waals surface area contributed by atoms with Gasteiger partial charge in [-0.2, -0.15) is 0 Å². The third kappa shape index (κ3) is 2.60. The van der Waals surface area contributed by atoms with Crippen LogP contribution >= 0.6 is 23.2 Å².